The second-order valence-electron chi connectivity index (χ2n) is 6.69. The van der Waals surface area contributed by atoms with Crippen molar-refractivity contribution in [2.45, 2.75) is 25.4 Å². The van der Waals surface area contributed by atoms with Crippen molar-refractivity contribution >= 4 is 0 Å². The number of aryl methyl sites for hydroxylation is 1. The smallest absolute Gasteiger partial charge is 0.134 e. The molecule has 1 heterocycles. The number of nitrogens with zero attached hydrogens (tertiary/aromatic N) is 2. The van der Waals surface area contributed by atoms with Crippen LogP contribution in [0.2, 0.25) is 0 Å². The van der Waals surface area contributed by atoms with E-state index in [0.717, 1.165) is 36.3 Å². The summed E-state index contributed by atoms with van der Waals surface area (Å²) in [4.78, 5) is 4.56. The van der Waals surface area contributed by atoms with Gasteiger partial charge in [-0.25, -0.2) is 0 Å². The number of methoxy groups -OCH3 is 2. The number of ether oxygens (including phenoxy) is 2. The fourth-order valence-corrected chi connectivity index (χ4v) is 3.72. The van der Waals surface area contributed by atoms with Crippen LogP contribution in [0.15, 0.2) is 60.4 Å². The van der Waals surface area contributed by atoms with Gasteiger partial charge in [-0.2, -0.15) is 0 Å². The Hall–Kier alpha value is -2.62. The highest BCUT2D eigenvalue weighted by atomic mass is 16.5. The fourth-order valence-electron chi connectivity index (χ4n) is 3.72. The molecular formula is C22H28N2O2. The molecule has 0 saturated carbocycles. The molecule has 26 heavy (non-hydrogen) atoms. The highest BCUT2D eigenvalue weighted by Crippen LogP contribution is 2.42. The highest BCUT2D eigenvalue weighted by molar-refractivity contribution is 5.48. The Bertz CT molecular complexity index is 736. The van der Waals surface area contributed by atoms with Crippen LogP contribution in [0.25, 0.3) is 0 Å². The average Bonchev–Trinajstić information content (AvgIpc) is 2.95. The van der Waals surface area contributed by atoms with E-state index in [1.807, 2.05) is 18.2 Å². The number of hydrogen-bond donors (Lipinski definition) is 0. The van der Waals surface area contributed by atoms with Crippen LogP contribution in [-0.2, 0) is 6.42 Å². The van der Waals surface area contributed by atoms with Crippen molar-refractivity contribution in [1.82, 2.24) is 9.80 Å². The first kappa shape index (κ1) is 18.2. The fraction of sp³-hybridized carbons (Fsp3) is 0.364. The zero-order chi connectivity index (χ0) is 18.5. The maximum atomic E-state index is 5.61. The van der Waals surface area contributed by atoms with Crippen LogP contribution in [0.5, 0.6) is 11.5 Å². The molecule has 0 amide bonds. The lowest BCUT2D eigenvalue weighted by Crippen LogP contribution is -2.28. The van der Waals surface area contributed by atoms with Gasteiger partial charge in [-0.3, -0.25) is 0 Å². The van der Waals surface area contributed by atoms with Crippen LogP contribution in [0.4, 0.5) is 0 Å². The largest absolute Gasteiger partial charge is 0.496 e. The zero-order valence-electron chi connectivity index (χ0n) is 16.1. The standard InChI is InChI=1S/C22H28N2O2/c1-23-16-18(13-8-12-17-10-6-5-7-11-17)24(2)22(23)21-19(25-3)14-9-15-20(21)26-4/h5-7,9-11,14-16,22H,8,12-13H2,1-4H3. The van der Waals surface area contributed by atoms with Gasteiger partial charge in [-0.1, -0.05) is 36.4 Å². The van der Waals surface area contributed by atoms with Crippen molar-refractivity contribution < 1.29 is 9.47 Å². The first-order valence-electron chi connectivity index (χ1n) is 9.06. The summed E-state index contributed by atoms with van der Waals surface area (Å²) in [5.74, 6) is 1.71. The van der Waals surface area contributed by atoms with Crippen molar-refractivity contribution in [3.05, 3.63) is 71.6 Å². The van der Waals surface area contributed by atoms with Crippen LogP contribution in [0.3, 0.4) is 0 Å². The van der Waals surface area contributed by atoms with Gasteiger partial charge in [-0.05, 0) is 37.0 Å². The average molecular weight is 352 g/mol. The van der Waals surface area contributed by atoms with Crippen molar-refractivity contribution in [3.8, 4) is 11.5 Å². The van der Waals surface area contributed by atoms with Crippen molar-refractivity contribution in [2.24, 2.45) is 0 Å². The molecule has 2 aromatic rings. The number of allylic oxidation sites excluding steroid dienone is 1. The monoisotopic (exact) mass is 352 g/mol. The molecule has 0 aromatic heterocycles. The minimum absolute atomic E-state index is 0.0767. The lowest BCUT2D eigenvalue weighted by atomic mass is 10.1. The van der Waals surface area contributed by atoms with Gasteiger partial charge in [0.2, 0.25) is 0 Å². The molecule has 0 saturated heterocycles. The van der Waals surface area contributed by atoms with E-state index in [4.69, 9.17) is 9.47 Å². The molecule has 0 fully saturated rings. The molecule has 3 rings (SSSR count). The van der Waals surface area contributed by atoms with Crippen LogP contribution in [-0.4, -0.2) is 38.1 Å². The lowest BCUT2D eigenvalue weighted by Gasteiger charge is -2.31. The van der Waals surface area contributed by atoms with Gasteiger partial charge in [0.05, 0.1) is 19.8 Å². The van der Waals surface area contributed by atoms with Gasteiger partial charge in [0.15, 0.2) is 0 Å². The normalized spacial score (nSPS) is 16.6. The quantitative estimate of drug-likeness (QED) is 0.735. The Morgan fingerprint density at radius 2 is 1.50 bits per heavy atom. The molecule has 0 radical (unpaired) electrons. The summed E-state index contributed by atoms with van der Waals surface area (Å²) >= 11 is 0. The van der Waals surface area contributed by atoms with Gasteiger partial charge in [0.25, 0.3) is 0 Å². The first-order chi connectivity index (χ1) is 12.7. The third-order valence-corrected chi connectivity index (χ3v) is 5.02. The summed E-state index contributed by atoms with van der Waals surface area (Å²) in [7, 11) is 7.68. The summed E-state index contributed by atoms with van der Waals surface area (Å²) in [5, 5.41) is 0. The van der Waals surface area contributed by atoms with E-state index in [0.29, 0.717) is 0 Å². The van der Waals surface area contributed by atoms with Crippen LogP contribution in [0.1, 0.15) is 30.1 Å². The summed E-state index contributed by atoms with van der Waals surface area (Å²) < 4.78 is 11.2. The van der Waals surface area contributed by atoms with E-state index < -0.39 is 0 Å². The molecule has 0 N–H and O–H groups in total. The Kier molecular flexibility index (Phi) is 5.71. The Balaban J connectivity index is 1.73. The van der Waals surface area contributed by atoms with E-state index in [1.54, 1.807) is 14.2 Å². The molecule has 0 bridgehead atoms. The van der Waals surface area contributed by atoms with E-state index in [2.05, 4.69) is 60.4 Å². The SMILES string of the molecule is COc1cccc(OC)c1C1N(C)C=C(CCCc2ccccc2)N1C. The molecule has 138 valence electrons. The van der Waals surface area contributed by atoms with Gasteiger partial charge >= 0.3 is 0 Å². The molecule has 0 spiro atoms. The van der Waals surface area contributed by atoms with Gasteiger partial charge in [0.1, 0.15) is 17.7 Å². The summed E-state index contributed by atoms with van der Waals surface area (Å²) in [5.41, 5.74) is 3.79. The predicted octanol–water partition coefficient (Wildman–Crippen LogP) is 4.44. The van der Waals surface area contributed by atoms with Crippen molar-refractivity contribution in [1.29, 1.82) is 0 Å². The zero-order valence-corrected chi connectivity index (χ0v) is 16.1. The minimum Gasteiger partial charge on any atom is -0.496 e. The molecule has 1 unspecified atom stereocenters. The van der Waals surface area contributed by atoms with Crippen LogP contribution >= 0.6 is 0 Å². The minimum atomic E-state index is 0.0767. The molecule has 1 aliphatic heterocycles. The topological polar surface area (TPSA) is 24.9 Å². The second-order valence-corrected chi connectivity index (χ2v) is 6.69. The second kappa shape index (κ2) is 8.17. The van der Waals surface area contributed by atoms with Crippen LogP contribution < -0.4 is 9.47 Å². The predicted molar refractivity (Wildman–Crippen MR) is 105 cm³/mol. The number of benzene rings is 2. The molecule has 2 aromatic carbocycles. The molecule has 1 atom stereocenters. The van der Waals surface area contributed by atoms with Crippen LogP contribution in [0, 0.1) is 0 Å². The van der Waals surface area contributed by atoms with Gasteiger partial charge in [-0.15, -0.1) is 0 Å². The molecule has 4 nitrogen and oxygen atoms in total. The van der Waals surface area contributed by atoms with Crippen molar-refractivity contribution in [3.63, 3.8) is 0 Å². The van der Waals surface area contributed by atoms with E-state index in [-0.39, 0.29) is 6.17 Å². The summed E-state index contributed by atoms with van der Waals surface area (Å²) in [6.45, 7) is 0. The molecule has 4 heteroatoms. The highest BCUT2D eigenvalue weighted by Gasteiger charge is 2.32. The van der Waals surface area contributed by atoms with E-state index in [9.17, 15) is 0 Å². The lowest BCUT2D eigenvalue weighted by molar-refractivity contribution is 0.185. The maximum Gasteiger partial charge on any atom is 0.134 e. The molecule has 1 aliphatic rings. The molecular weight excluding hydrogens is 324 g/mol. The first-order valence-corrected chi connectivity index (χ1v) is 9.06. The molecule has 0 aliphatic carbocycles. The Morgan fingerprint density at radius 1 is 0.846 bits per heavy atom. The Labute approximate surface area is 156 Å². The van der Waals surface area contributed by atoms with Gasteiger partial charge < -0.3 is 19.3 Å². The Morgan fingerprint density at radius 3 is 2.12 bits per heavy atom. The summed E-state index contributed by atoms with van der Waals surface area (Å²) in [6, 6.07) is 16.6. The third-order valence-electron chi connectivity index (χ3n) is 5.02. The number of rotatable bonds is 7. The van der Waals surface area contributed by atoms with E-state index in [1.165, 1.54) is 11.3 Å². The van der Waals surface area contributed by atoms with E-state index >= 15 is 0 Å². The third kappa shape index (κ3) is 3.64. The van der Waals surface area contributed by atoms with Gasteiger partial charge in [0, 0.05) is 26.0 Å². The summed E-state index contributed by atoms with van der Waals surface area (Å²) in [6.07, 6.45) is 5.58. The maximum absolute atomic E-state index is 5.61. The van der Waals surface area contributed by atoms with Crippen molar-refractivity contribution in [2.75, 3.05) is 28.3 Å². The number of hydrogen-bond acceptors (Lipinski definition) is 4.